The molecule has 0 bridgehead atoms. The van der Waals surface area contributed by atoms with Crippen LogP contribution in [0.3, 0.4) is 0 Å². The number of nitrogens with zero attached hydrogens (tertiary/aromatic N) is 1. The van der Waals surface area contributed by atoms with Gasteiger partial charge in [-0.3, -0.25) is 9.82 Å². The first kappa shape index (κ1) is 8.55. The highest BCUT2D eigenvalue weighted by molar-refractivity contribution is 7.92. The van der Waals surface area contributed by atoms with Crippen molar-refractivity contribution < 1.29 is 8.42 Å². The third kappa shape index (κ3) is 2.45. The van der Waals surface area contributed by atoms with Gasteiger partial charge in [0, 0.05) is 6.07 Å². The van der Waals surface area contributed by atoms with Crippen molar-refractivity contribution in [3.05, 3.63) is 12.3 Å². The third-order valence-electron chi connectivity index (χ3n) is 1.92. The molecule has 0 atom stereocenters. The summed E-state index contributed by atoms with van der Waals surface area (Å²) in [6.07, 6.45) is 3.57. The molecular formula is C7H11N3O2S. The lowest BCUT2D eigenvalue weighted by Gasteiger charge is -2.03. The fourth-order valence-electron chi connectivity index (χ4n) is 1.12. The van der Waals surface area contributed by atoms with E-state index in [2.05, 4.69) is 14.9 Å². The van der Waals surface area contributed by atoms with Crippen LogP contribution >= 0.6 is 0 Å². The van der Waals surface area contributed by atoms with Crippen LogP contribution in [0.25, 0.3) is 0 Å². The Labute approximate surface area is 76.6 Å². The Morgan fingerprint density at radius 1 is 1.62 bits per heavy atom. The minimum Gasteiger partial charge on any atom is -0.268 e. The number of rotatable bonds is 4. The predicted molar refractivity (Wildman–Crippen MR) is 48.7 cm³/mol. The Morgan fingerprint density at radius 2 is 2.38 bits per heavy atom. The molecule has 0 aliphatic heterocycles. The van der Waals surface area contributed by atoms with E-state index in [0.29, 0.717) is 11.7 Å². The van der Waals surface area contributed by atoms with E-state index in [9.17, 15) is 8.42 Å². The lowest BCUT2D eigenvalue weighted by molar-refractivity contribution is 0.597. The van der Waals surface area contributed by atoms with E-state index in [1.165, 1.54) is 6.20 Å². The van der Waals surface area contributed by atoms with Crippen LogP contribution < -0.4 is 4.72 Å². The van der Waals surface area contributed by atoms with Crippen molar-refractivity contribution in [1.29, 1.82) is 0 Å². The number of nitrogens with one attached hydrogen (secondary N) is 2. The van der Waals surface area contributed by atoms with Gasteiger partial charge in [0.25, 0.3) is 0 Å². The molecule has 0 saturated heterocycles. The number of sulfonamides is 1. The smallest absolute Gasteiger partial charge is 0.234 e. The average Bonchev–Trinajstić information content (AvgIpc) is 2.64. The van der Waals surface area contributed by atoms with Crippen LogP contribution in [0.15, 0.2) is 12.3 Å². The molecule has 1 fully saturated rings. The minimum absolute atomic E-state index is 0.228. The van der Waals surface area contributed by atoms with Gasteiger partial charge in [-0.25, -0.2) is 8.42 Å². The summed E-state index contributed by atoms with van der Waals surface area (Å²) in [5.41, 5.74) is 0. The average molecular weight is 201 g/mol. The monoisotopic (exact) mass is 201 g/mol. The SMILES string of the molecule is O=S(=O)(CC1CC1)Nc1ccn[nH]1. The maximum Gasteiger partial charge on any atom is 0.234 e. The molecule has 1 heterocycles. The quantitative estimate of drug-likeness (QED) is 0.747. The van der Waals surface area contributed by atoms with Gasteiger partial charge in [0.2, 0.25) is 10.0 Å². The molecule has 72 valence electrons. The molecule has 6 heteroatoms. The Bertz CT molecular complexity index is 366. The summed E-state index contributed by atoms with van der Waals surface area (Å²) in [5.74, 6) is 1.02. The summed E-state index contributed by atoms with van der Waals surface area (Å²) in [5, 5.41) is 6.20. The number of hydrogen-bond donors (Lipinski definition) is 2. The first-order valence-corrected chi connectivity index (χ1v) is 5.81. The predicted octanol–water partition coefficient (Wildman–Crippen LogP) is 0.561. The lowest BCUT2D eigenvalue weighted by Crippen LogP contribution is -2.17. The van der Waals surface area contributed by atoms with Crippen LogP contribution in [0.1, 0.15) is 12.8 Å². The van der Waals surface area contributed by atoms with Gasteiger partial charge in [0.05, 0.1) is 11.9 Å². The molecule has 1 aromatic rings. The van der Waals surface area contributed by atoms with Gasteiger partial charge >= 0.3 is 0 Å². The van der Waals surface area contributed by atoms with Gasteiger partial charge in [-0.05, 0) is 18.8 Å². The topological polar surface area (TPSA) is 74.8 Å². The van der Waals surface area contributed by atoms with Crippen molar-refractivity contribution in [2.24, 2.45) is 5.92 Å². The van der Waals surface area contributed by atoms with Crippen molar-refractivity contribution in [3.8, 4) is 0 Å². The molecule has 2 rings (SSSR count). The second-order valence-electron chi connectivity index (χ2n) is 3.30. The molecule has 0 amide bonds. The largest absolute Gasteiger partial charge is 0.268 e. The number of anilines is 1. The van der Waals surface area contributed by atoms with Crippen LogP contribution in [0.4, 0.5) is 5.82 Å². The standard InChI is InChI=1S/C7H11N3O2S/c11-13(12,5-6-1-2-6)10-7-3-4-8-9-7/h3-4,6H,1-2,5H2,(H2,8,9,10). The molecular weight excluding hydrogens is 190 g/mol. The first-order valence-electron chi connectivity index (χ1n) is 4.15. The summed E-state index contributed by atoms with van der Waals surface area (Å²) >= 11 is 0. The third-order valence-corrected chi connectivity index (χ3v) is 3.36. The van der Waals surface area contributed by atoms with E-state index >= 15 is 0 Å². The van der Waals surface area contributed by atoms with Crippen molar-refractivity contribution in [2.75, 3.05) is 10.5 Å². The maximum atomic E-state index is 11.4. The first-order chi connectivity index (χ1) is 6.16. The maximum absolute atomic E-state index is 11.4. The fraction of sp³-hybridized carbons (Fsp3) is 0.571. The van der Waals surface area contributed by atoms with Gasteiger partial charge < -0.3 is 0 Å². The highest BCUT2D eigenvalue weighted by atomic mass is 32.2. The van der Waals surface area contributed by atoms with Crippen molar-refractivity contribution in [2.45, 2.75) is 12.8 Å². The van der Waals surface area contributed by atoms with Crippen LogP contribution in [0, 0.1) is 5.92 Å². The number of aromatic amines is 1. The van der Waals surface area contributed by atoms with E-state index in [1.807, 2.05) is 0 Å². The van der Waals surface area contributed by atoms with E-state index in [4.69, 9.17) is 0 Å². The molecule has 5 nitrogen and oxygen atoms in total. The Hall–Kier alpha value is -1.04. The highest BCUT2D eigenvalue weighted by Gasteiger charge is 2.28. The molecule has 1 aliphatic rings. The van der Waals surface area contributed by atoms with Gasteiger partial charge in [-0.1, -0.05) is 0 Å². The van der Waals surface area contributed by atoms with Crippen molar-refractivity contribution in [1.82, 2.24) is 10.2 Å². The molecule has 0 aromatic carbocycles. The second kappa shape index (κ2) is 3.02. The lowest BCUT2D eigenvalue weighted by atomic mass is 10.5. The molecule has 1 aromatic heterocycles. The number of H-pyrrole nitrogens is 1. The summed E-state index contributed by atoms with van der Waals surface area (Å²) < 4.78 is 25.2. The highest BCUT2D eigenvalue weighted by Crippen LogP contribution is 2.30. The molecule has 13 heavy (non-hydrogen) atoms. The number of aromatic nitrogens is 2. The zero-order valence-electron chi connectivity index (χ0n) is 7.03. The van der Waals surface area contributed by atoms with Crippen LogP contribution in [0.2, 0.25) is 0 Å². The molecule has 0 radical (unpaired) electrons. The van der Waals surface area contributed by atoms with Crippen LogP contribution in [-0.4, -0.2) is 24.4 Å². The summed E-state index contributed by atoms with van der Waals surface area (Å²) in [4.78, 5) is 0. The van der Waals surface area contributed by atoms with Crippen LogP contribution in [0.5, 0.6) is 0 Å². The summed E-state index contributed by atoms with van der Waals surface area (Å²) in [6.45, 7) is 0. The van der Waals surface area contributed by atoms with Crippen molar-refractivity contribution in [3.63, 3.8) is 0 Å². The van der Waals surface area contributed by atoms with E-state index < -0.39 is 10.0 Å². The molecule has 1 aliphatic carbocycles. The van der Waals surface area contributed by atoms with E-state index in [1.54, 1.807) is 6.07 Å². The number of hydrogen-bond acceptors (Lipinski definition) is 3. The van der Waals surface area contributed by atoms with Crippen molar-refractivity contribution >= 4 is 15.8 Å². The Morgan fingerprint density at radius 3 is 2.92 bits per heavy atom. The van der Waals surface area contributed by atoms with Gasteiger partial charge in [0.15, 0.2) is 0 Å². The van der Waals surface area contributed by atoms with Gasteiger partial charge in [-0.15, -0.1) is 0 Å². The molecule has 0 unspecified atom stereocenters. The zero-order chi connectivity index (χ0) is 9.31. The zero-order valence-corrected chi connectivity index (χ0v) is 7.84. The van der Waals surface area contributed by atoms with Crippen LogP contribution in [-0.2, 0) is 10.0 Å². The normalized spacial score (nSPS) is 17.2. The van der Waals surface area contributed by atoms with Gasteiger partial charge in [-0.2, -0.15) is 5.10 Å². The molecule has 0 spiro atoms. The minimum atomic E-state index is -3.16. The van der Waals surface area contributed by atoms with E-state index in [-0.39, 0.29) is 5.75 Å². The summed E-state index contributed by atoms with van der Waals surface area (Å²) in [7, 11) is -3.16. The van der Waals surface area contributed by atoms with E-state index in [0.717, 1.165) is 12.8 Å². The Kier molecular flexibility index (Phi) is 1.99. The van der Waals surface area contributed by atoms with Gasteiger partial charge in [0.1, 0.15) is 5.82 Å². The second-order valence-corrected chi connectivity index (χ2v) is 5.06. The molecule has 1 saturated carbocycles. The Balaban J connectivity index is 1.99. The molecule has 2 N–H and O–H groups in total. The fourth-order valence-corrected chi connectivity index (χ4v) is 2.60. The summed E-state index contributed by atoms with van der Waals surface area (Å²) in [6, 6.07) is 1.59.